The van der Waals surface area contributed by atoms with Crippen LogP contribution in [0.1, 0.15) is 25.8 Å². The fourth-order valence-electron chi connectivity index (χ4n) is 1.08. The smallest absolute Gasteiger partial charge is 0.165 e. The number of halogens is 2. The standard InChI is InChI=1S/C11H14ClFO/c1-3-8(2)14-11-9(7-12)5-4-6-10(11)13/h4-6,8H,3,7H2,1-2H3. The monoisotopic (exact) mass is 216 g/mol. The molecule has 1 rings (SSSR count). The van der Waals surface area contributed by atoms with Crippen molar-refractivity contribution in [3.63, 3.8) is 0 Å². The number of para-hydroxylation sites is 1. The van der Waals surface area contributed by atoms with Gasteiger partial charge in [-0.3, -0.25) is 0 Å². The quantitative estimate of drug-likeness (QED) is 0.697. The number of alkyl halides is 1. The predicted octanol–water partition coefficient (Wildman–Crippen LogP) is 3.74. The maximum atomic E-state index is 13.4. The van der Waals surface area contributed by atoms with Crippen molar-refractivity contribution in [2.75, 3.05) is 0 Å². The first kappa shape index (κ1) is 11.3. The Bertz CT molecular complexity index is 301. The molecule has 0 aromatic heterocycles. The summed E-state index contributed by atoms with van der Waals surface area (Å²) in [6.07, 6.45) is 0.852. The topological polar surface area (TPSA) is 9.23 Å². The maximum Gasteiger partial charge on any atom is 0.165 e. The molecule has 0 spiro atoms. The summed E-state index contributed by atoms with van der Waals surface area (Å²) >= 11 is 5.68. The fraction of sp³-hybridized carbons (Fsp3) is 0.455. The summed E-state index contributed by atoms with van der Waals surface area (Å²) in [5.41, 5.74) is 0.701. The van der Waals surface area contributed by atoms with E-state index in [1.165, 1.54) is 6.07 Å². The van der Waals surface area contributed by atoms with Crippen molar-refractivity contribution in [1.82, 2.24) is 0 Å². The number of benzene rings is 1. The molecule has 78 valence electrons. The molecule has 0 N–H and O–H groups in total. The van der Waals surface area contributed by atoms with E-state index in [0.717, 1.165) is 6.42 Å². The highest BCUT2D eigenvalue weighted by atomic mass is 35.5. The number of rotatable bonds is 4. The van der Waals surface area contributed by atoms with Gasteiger partial charge in [0.2, 0.25) is 0 Å². The highest BCUT2D eigenvalue weighted by Gasteiger charge is 2.11. The second-order valence-corrected chi connectivity index (χ2v) is 3.47. The van der Waals surface area contributed by atoms with Crippen LogP contribution < -0.4 is 4.74 Å². The summed E-state index contributed by atoms with van der Waals surface area (Å²) < 4.78 is 18.8. The molecule has 0 saturated carbocycles. The van der Waals surface area contributed by atoms with E-state index in [2.05, 4.69) is 0 Å². The third-order valence-corrected chi connectivity index (χ3v) is 2.37. The van der Waals surface area contributed by atoms with Crippen molar-refractivity contribution in [3.05, 3.63) is 29.6 Å². The summed E-state index contributed by atoms with van der Waals surface area (Å²) in [5.74, 6) is 0.212. The molecule has 0 saturated heterocycles. The molecule has 14 heavy (non-hydrogen) atoms. The lowest BCUT2D eigenvalue weighted by Gasteiger charge is -2.15. The van der Waals surface area contributed by atoms with Gasteiger partial charge in [0.25, 0.3) is 0 Å². The number of hydrogen-bond donors (Lipinski definition) is 0. The van der Waals surface area contributed by atoms with Crippen LogP contribution in [0.25, 0.3) is 0 Å². The van der Waals surface area contributed by atoms with E-state index in [1.54, 1.807) is 12.1 Å². The molecule has 0 aliphatic carbocycles. The minimum absolute atomic E-state index is 0.00821. The van der Waals surface area contributed by atoms with Gasteiger partial charge >= 0.3 is 0 Å². The van der Waals surface area contributed by atoms with E-state index in [-0.39, 0.29) is 23.6 Å². The maximum absolute atomic E-state index is 13.4. The van der Waals surface area contributed by atoms with Crippen molar-refractivity contribution in [1.29, 1.82) is 0 Å². The summed E-state index contributed by atoms with van der Waals surface area (Å²) in [7, 11) is 0. The van der Waals surface area contributed by atoms with E-state index in [0.29, 0.717) is 5.56 Å². The van der Waals surface area contributed by atoms with E-state index in [4.69, 9.17) is 16.3 Å². The van der Waals surface area contributed by atoms with Gasteiger partial charge in [0.05, 0.1) is 12.0 Å². The first-order valence-corrected chi connectivity index (χ1v) is 5.22. The van der Waals surface area contributed by atoms with Gasteiger partial charge < -0.3 is 4.74 Å². The minimum Gasteiger partial charge on any atom is -0.487 e. The SMILES string of the molecule is CCC(C)Oc1c(F)cccc1CCl. The van der Waals surface area contributed by atoms with E-state index in [9.17, 15) is 4.39 Å². The second kappa shape index (κ2) is 5.20. The van der Waals surface area contributed by atoms with Gasteiger partial charge in [-0.2, -0.15) is 0 Å². The van der Waals surface area contributed by atoms with Gasteiger partial charge in [-0.1, -0.05) is 19.1 Å². The molecule has 1 aromatic rings. The van der Waals surface area contributed by atoms with Crippen LogP contribution in [0, 0.1) is 5.82 Å². The minimum atomic E-state index is -0.344. The molecular weight excluding hydrogens is 203 g/mol. The average molecular weight is 217 g/mol. The normalized spacial score (nSPS) is 12.6. The first-order chi connectivity index (χ1) is 6.69. The highest BCUT2D eigenvalue weighted by Crippen LogP contribution is 2.25. The van der Waals surface area contributed by atoms with Crippen molar-refractivity contribution >= 4 is 11.6 Å². The molecule has 0 amide bonds. The van der Waals surface area contributed by atoms with E-state index < -0.39 is 0 Å². The van der Waals surface area contributed by atoms with Gasteiger partial charge in [0.15, 0.2) is 11.6 Å². The number of ether oxygens (including phenoxy) is 1. The Hall–Kier alpha value is -0.760. The molecular formula is C11H14ClFO. The third-order valence-electron chi connectivity index (χ3n) is 2.09. The van der Waals surface area contributed by atoms with E-state index in [1.807, 2.05) is 13.8 Å². The molecule has 1 nitrogen and oxygen atoms in total. The third kappa shape index (κ3) is 2.61. The van der Waals surface area contributed by atoms with Crippen LogP contribution in [0.3, 0.4) is 0 Å². The van der Waals surface area contributed by atoms with Crippen molar-refractivity contribution in [3.8, 4) is 5.75 Å². The van der Waals surface area contributed by atoms with Gasteiger partial charge in [-0.05, 0) is 19.4 Å². The molecule has 0 radical (unpaired) electrons. The van der Waals surface area contributed by atoms with Gasteiger partial charge in [-0.25, -0.2) is 4.39 Å². The first-order valence-electron chi connectivity index (χ1n) is 4.69. The molecule has 1 atom stereocenters. The summed E-state index contributed by atoms with van der Waals surface area (Å²) in [6.45, 7) is 3.90. The lowest BCUT2D eigenvalue weighted by molar-refractivity contribution is 0.206. The molecule has 0 aliphatic heterocycles. The van der Waals surface area contributed by atoms with Crippen LogP contribution >= 0.6 is 11.6 Å². The van der Waals surface area contributed by atoms with Gasteiger partial charge in [-0.15, -0.1) is 11.6 Å². The summed E-state index contributed by atoms with van der Waals surface area (Å²) in [4.78, 5) is 0. The summed E-state index contributed by atoms with van der Waals surface area (Å²) in [5, 5.41) is 0. The Labute approximate surface area is 88.8 Å². The summed E-state index contributed by atoms with van der Waals surface area (Å²) in [6, 6.07) is 4.79. The zero-order valence-corrected chi connectivity index (χ0v) is 9.14. The van der Waals surface area contributed by atoms with Crippen molar-refractivity contribution < 1.29 is 9.13 Å². The van der Waals surface area contributed by atoms with Gasteiger partial charge in [0.1, 0.15) is 0 Å². The fourth-order valence-corrected chi connectivity index (χ4v) is 1.29. The van der Waals surface area contributed by atoms with Gasteiger partial charge in [0, 0.05) is 5.56 Å². The zero-order chi connectivity index (χ0) is 10.6. The van der Waals surface area contributed by atoms with Crippen LogP contribution in [0.4, 0.5) is 4.39 Å². The Morgan fingerprint density at radius 1 is 1.50 bits per heavy atom. The largest absolute Gasteiger partial charge is 0.487 e. The molecule has 1 unspecified atom stereocenters. The molecule has 0 fully saturated rings. The molecule has 1 aromatic carbocycles. The number of hydrogen-bond acceptors (Lipinski definition) is 1. The Balaban J connectivity index is 2.92. The Morgan fingerprint density at radius 2 is 2.21 bits per heavy atom. The molecule has 0 heterocycles. The zero-order valence-electron chi connectivity index (χ0n) is 8.39. The second-order valence-electron chi connectivity index (χ2n) is 3.20. The highest BCUT2D eigenvalue weighted by molar-refractivity contribution is 6.17. The van der Waals surface area contributed by atoms with Crippen LogP contribution in [-0.2, 0) is 5.88 Å². The lowest BCUT2D eigenvalue weighted by atomic mass is 10.2. The van der Waals surface area contributed by atoms with Crippen LogP contribution in [0.15, 0.2) is 18.2 Å². The van der Waals surface area contributed by atoms with Crippen LogP contribution in [0.5, 0.6) is 5.75 Å². The Kier molecular flexibility index (Phi) is 4.21. The molecule has 3 heteroatoms. The Morgan fingerprint density at radius 3 is 2.79 bits per heavy atom. The van der Waals surface area contributed by atoms with Crippen LogP contribution in [-0.4, -0.2) is 6.10 Å². The lowest BCUT2D eigenvalue weighted by Crippen LogP contribution is -2.12. The van der Waals surface area contributed by atoms with Crippen LogP contribution in [0.2, 0.25) is 0 Å². The average Bonchev–Trinajstić information content (AvgIpc) is 2.20. The van der Waals surface area contributed by atoms with Crippen molar-refractivity contribution in [2.45, 2.75) is 32.3 Å². The molecule has 0 bridgehead atoms. The molecule has 0 aliphatic rings. The van der Waals surface area contributed by atoms with E-state index >= 15 is 0 Å². The van der Waals surface area contributed by atoms with Crippen molar-refractivity contribution in [2.24, 2.45) is 0 Å². The predicted molar refractivity (Wildman–Crippen MR) is 56.3 cm³/mol.